The predicted octanol–water partition coefficient (Wildman–Crippen LogP) is 2.77. The molecule has 1 unspecified atom stereocenters. The highest BCUT2D eigenvalue weighted by atomic mass is 32.2. The second kappa shape index (κ2) is 5.85. The van der Waals surface area contributed by atoms with Crippen molar-refractivity contribution < 1.29 is 12.8 Å². The minimum atomic E-state index is -3.34. The average Bonchev–Trinajstić information content (AvgIpc) is 2.95. The number of benzene rings is 1. The van der Waals surface area contributed by atoms with Gasteiger partial charge in [0.05, 0.1) is 11.8 Å². The molecule has 22 heavy (non-hydrogen) atoms. The van der Waals surface area contributed by atoms with E-state index in [0.29, 0.717) is 19.5 Å². The molecule has 3 rings (SSSR count). The van der Waals surface area contributed by atoms with Crippen LogP contribution in [0.25, 0.3) is 0 Å². The molecule has 1 atom stereocenters. The van der Waals surface area contributed by atoms with E-state index in [1.165, 1.54) is 12.1 Å². The number of sulfonamides is 1. The van der Waals surface area contributed by atoms with Crippen molar-refractivity contribution in [3.63, 3.8) is 0 Å². The standard InChI is InChI=1S/C16H19FN2O2S/c1-2-12-22(20,21)19-11-10-18-9-3-4-15(18)16(19)13-5-7-14(17)8-6-13/h3-9,16H,2,10-12H2,1H3. The van der Waals surface area contributed by atoms with Gasteiger partial charge in [-0.3, -0.25) is 0 Å². The molecular weight excluding hydrogens is 303 g/mol. The first-order valence-corrected chi connectivity index (χ1v) is 9.04. The number of hydrogen-bond acceptors (Lipinski definition) is 2. The maximum absolute atomic E-state index is 13.2. The van der Waals surface area contributed by atoms with Gasteiger partial charge in [0.25, 0.3) is 0 Å². The normalized spacial score (nSPS) is 19.1. The minimum absolute atomic E-state index is 0.130. The fourth-order valence-corrected chi connectivity index (χ4v) is 4.68. The minimum Gasteiger partial charge on any atom is -0.348 e. The summed E-state index contributed by atoms with van der Waals surface area (Å²) in [6.07, 6.45) is 2.53. The summed E-state index contributed by atoms with van der Waals surface area (Å²) in [5.74, 6) is -0.191. The van der Waals surface area contributed by atoms with Crippen molar-refractivity contribution in [2.45, 2.75) is 25.9 Å². The maximum Gasteiger partial charge on any atom is 0.215 e. The summed E-state index contributed by atoms with van der Waals surface area (Å²) in [5.41, 5.74) is 1.72. The summed E-state index contributed by atoms with van der Waals surface area (Å²) in [7, 11) is -3.34. The van der Waals surface area contributed by atoms with Crippen molar-refractivity contribution in [3.8, 4) is 0 Å². The first-order chi connectivity index (χ1) is 10.5. The Labute approximate surface area is 130 Å². The van der Waals surface area contributed by atoms with Crippen LogP contribution in [-0.2, 0) is 16.6 Å². The van der Waals surface area contributed by atoms with E-state index >= 15 is 0 Å². The molecule has 4 nitrogen and oxygen atoms in total. The van der Waals surface area contributed by atoms with Gasteiger partial charge in [0.2, 0.25) is 10.0 Å². The largest absolute Gasteiger partial charge is 0.348 e. The van der Waals surface area contributed by atoms with E-state index in [9.17, 15) is 12.8 Å². The van der Waals surface area contributed by atoms with Gasteiger partial charge in [-0.1, -0.05) is 19.1 Å². The lowest BCUT2D eigenvalue weighted by Crippen LogP contribution is -2.43. The molecule has 1 aliphatic rings. The molecule has 0 spiro atoms. The fraction of sp³-hybridized carbons (Fsp3) is 0.375. The molecule has 0 radical (unpaired) electrons. The Bertz CT molecular complexity index is 753. The van der Waals surface area contributed by atoms with Crippen LogP contribution in [-0.4, -0.2) is 29.6 Å². The summed E-state index contributed by atoms with van der Waals surface area (Å²) in [6, 6.07) is 9.54. The van der Waals surface area contributed by atoms with E-state index in [2.05, 4.69) is 4.57 Å². The third-order valence-corrected chi connectivity index (χ3v) is 6.03. The molecule has 2 heterocycles. The number of halogens is 1. The van der Waals surface area contributed by atoms with E-state index < -0.39 is 10.0 Å². The second-order valence-corrected chi connectivity index (χ2v) is 7.55. The Morgan fingerprint density at radius 3 is 2.59 bits per heavy atom. The molecule has 0 N–H and O–H groups in total. The molecule has 2 aromatic rings. The van der Waals surface area contributed by atoms with Crippen LogP contribution < -0.4 is 0 Å². The van der Waals surface area contributed by atoms with Crippen molar-refractivity contribution in [1.29, 1.82) is 0 Å². The van der Waals surface area contributed by atoms with E-state index in [-0.39, 0.29) is 17.6 Å². The van der Waals surface area contributed by atoms with Gasteiger partial charge in [0.1, 0.15) is 5.82 Å². The summed E-state index contributed by atoms with van der Waals surface area (Å²) >= 11 is 0. The van der Waals surface area contributed by atoms with Gasteiger partial charge < -0.3 is 4.57 Å². The molecule has 118 valence electrons. The fourth-order valence-electron chi connectivity index (χ4n) is 3.02. The molecule has 0 bridgehead atoms. The van der Waals surface area contributed by atoms with Crippen molar-refractivity contribution in [3.05, 3.63) is 59.7 Å². The lowest BCUT2D eigenvalue weighted by molar-refractivity contribution is 0.298. The Kier molecular flexibility index (Phi) is 4.06. The van der Waals surface area contributed by atoms with Crippen molar-refractivity contribution in [2.75, 3.05) is 12.3 Å². The SMILES string of the molecule is CCCS(=O)(=O)N1CCn2cccc2C1c1ccc(F)cc1. The third-order valence-electron chi connectivity index (χ3n) is 4.00. The van der Waals surface area contributed by atoms with Crippen LogP contribution in [0.1, 0.15) is 30.6 Å². The lowest BCUT2D eigenvalue weighted by atomic mass is 10.0. The summed E-state index contributed by atoms with van der Waals surface area (Å²) in [6.45, 7) is 2.94. The maximum atomic E-state index is 13.2. The number of hydrogen-bond donors (Lipinski definition) is 0. The molecule has 6 heteroatoms. The topological polar surface area (TPSA) is 42.3 Å². The lowest BCUT2D eigenvalue weighted by Gasteiger charge is -2.36. The zero-order valence-corrected chi connectivity index (χ0v) is 13.3. The Morgan fingerprint density at radius 2 is 1.91 bits per heavy atom. The van der Waals surface area contributed by atoms with Crippen LogP contribution in [0.3, 0.4) is 0 Å². The summed E-state index contributed by atoms with van der Waals surface area (Å²) in [5, 5.41) is 0. The van der Waals surface area contributed by atoms with Gasteiger partial charge in [-0.25, -0.2) is 12.8 Å². The number of rotatable bonds is 4. The van der Waals surface area contributed by atoms with Crippen LogP contribution in [0, 0.1) is 5.82 Å². The van der Waals surface area contributed by atoms with Gasteiger partial charge in [0, 0.05) is 25.0 Å². The van der Waals surface area contributed by atoms with Crippen LogP contribution in [0.5, 0.6) is 0 Å². The highest BCUT2D eigenvalue weighted by molar-refractivity contribution is 7.89. The van der Waals surface area contributed by atoms with E-state index in [1.807, 2.05) is 25.3 Å². The summed E-state index contributed by atoms with van der Waals surface area (Å²) in [4.78, 5) is 0. The molecule has 0 amide bonds. The van der Waals surface area contributed by atoms with Crippen LogP contribution in [0.15, 0.2) is 42.6 Å². The zero-order chi connectivity index (χ0) is 15.7. The zero-order valence-electron chi connectivity index (χ0n) is 12.4. The van der Waals surface area contributed by atoms with E-state index in [0.717, 1.165) is 11.3 Å². The third kappa shape index (κ3) is 2.68. The molecule has 0 aliphatic carbocycles. The van der Waals surface area contributed by atoms with Crippen molar-refractivity contribution >= 4 is 10.0 Å². The Morgan fingerprint density at radius 1 is 1.18 bits per heavy atom. The predicted molar refractivity (Wildman–Crippen MR) is 83.5 cm³/mol. The number of nitrogens with zero attached hydrogens (tertiary/aromatic N) is 2. The smallest absolute Gasteiger partial charge is 0.215 e. The van der Waals surface area contributed by atoms with Gasteiger partial charge in [0.15, 0.2) is 0 Å². The van der Waals surface area contributed by atoms with Gasteiger partial charge in [-0.15, -0.1) is 0 Å². The van der Waals surface area contributed by atoms with Gasteiger partial charge >= 0.3 is 0 Å². The molecule has 0 fully saturated rings. The van der Waals surface area contributed by atoms with E-state index in [4.69, 9.17) is 0 Å². The molecule has 0 saturated carbocycles. The molecule has 1 aromatic heterocycles. The van der Waals surface area contributed by atoms with Gasteiger partial charge in [-0.05, 0) is 36.2 Å². The highest BCUT2D eigenvalue weighted by Gasteiger charge is 2.35. The first-order valence-electron chi connectivity index (χ1n) is 7.43. The molecule has 1 aromatic carbocycles. The van der Waals surface area contributed by atoms with E-state index in [1.54, 1.807) is 16.4 Å². The summed E-state index contributed by atoms with van der Waals surface area (Å²) < 4.78 is 42.0. The average molecular weight is 322 g/mol. The first kappa shape index (κ1) is 15.2. The van der Waals surface area contributed by atoms with Crippen LogP contribution >= 0.6 is 0 Å². The monoisotopic (exact) mass is 322 g/mol. The molecule has 0 saturated heterocycles. The van der Waals surface area contributed by atoms with Crippen LogP contribution in [0.2, 0.25) is 0 Å². The number of aromatic nitrogens is 1. The molecule has 1 aliphatic heterocycles. The van der Waals surface area contributed by atoms with Crippen molar-refractivity contribution in [1.82, 2.24) is 8.87 Å². The Hall–Kier alpha value is -1.66. The quantitative estimate of drug-likeness (QED) is 0.868. The van der Waals surface area contributed by atoms with Gasteiger partial charge in [-0.2, -0.15) is 4.31 Å². The Balaban J connectivity index is 2.09. The van der Waals surface area contributed by atoms with Crippen LogP contribution in [0.4, 0.5) is 4.39 Å². The second-order valence-electron chi connectivity index (χ2n) is 5.51. The highest BCUT2D eigenvalue weighted by Crippen LogP contribution is 2.34. The molecular formula is C16H19FN2O2S. The van der Waals surface area contributed by atoms with Crippen molar-refractivity contribution in [2.24, 2.45) is 0 Å². The number of fused-ring (bicyclic) bond motifs is 1.